The number of rotatable bonds is 3. The molecule has 18 heavy (non-hydrogen) atoms. The number of carbonyl (C=O) groups is 1. The van der Waals surface area contributed by atoms with E-state index in [0.29, 0.717) is 16.8 Å². The third-order valence-electron chi connectivity index (χ3n) is 3.20. The molecule has 0 aromatic carbocycles. The first-order chi connectivity index (χ1) is 8.61. The quantitative estimate of drug-likeness (QED) is 0.911. The molecule has 4 nitrogen and oxygen atoms in total. The lowest BCUT2D eigenvalue weighted by molar-refractivity contribution is 0.0698. The van der Waals surface area contributed by atoms with Crippen LogP contribution in [0.15, 0.2) is 12.3 Å². The van der Waals surface area contributed by atoms with Crippen molar-refractivity contribution in [2.75, 3.05) is 19.6 Å². The van der Waals surface area contributed by atoms with E-state index in [1.54, 1.807) is 6.07 Å². The van der Waals surface area contributed by atoms with Crippen LogP contribution in [0.2, 0.25) is 5.02 Å². The number of amides is 1. The van der Waals surface area contributed by atoms with Crippen LogP contribution in [0.3, 0.4) is 0 Å². The normalized spacial score (nSPS) is 20.2. The molecule has 0 spiro atoms. The summed E-state index contributed by atoms with van der Waals surface area (Å²) >= 11 is 6.01. The molecule has 1 N–H and O–H groups in total. The van der Waals surface area contributed by atoms with E-state index in [2.05, 4.69) is 19.2 Å². The molecule has 1 atom stereocenters. The van der Waals surface area contributed by atoms with E-state index in [-0.39, 0.29) is 5.91 Å². The zero-order valence-electron chi connectivity index (χ0n) is 10.9. The Morgan fingerprint density at radius 3 is 3.06 bits per heavy atom. The summed E-state index contributed by atoms with van der Waals surface area (Å²) in [6.07, 6.45) is 2.83. The SMILES string of the molecule is CCCn1cc(Cl)cc1C(=O)N1CCNC(C)C1. The molecule has 0 bridgehead atoms. The van der Waals surface area contributed by atoms with Crippen LogP contribution in [-0.2, 0) is 6.54 Å². The Balaban J connectivity index is 2.17. The highest BCUT2D eigenvalue weighted by Crippen LogP contribution is 2.17. The molecule has 2 rings (SSSR count). The molecule has 0 saturated carbocycles. The van der Waals surface area contributed by atoms with Gasteiger partial charge in [-0.15, -0.1) is 0 Å². The second-order valence-electron chi connectivity index (χ2n) is 4.84. The first-order valence-corrected chi connectivity index (χ1v) is 6.88. The largest absolute Gasteiger partial charge is 0.342 e. The highest BCUT2D eigenvalue weighted by atomic mass is 35.5. The average molecular weight is 270 g/mol. The van der Waals surface area contributed by atoms with Crippen LogP contribution in [0.25, 0.3) is 0 Å². The van der Waals surface area contributed by atoms with Crippen LogP contribution in [0.5, 0.6) is 0 Å². The molecule has 1 aromatic heterocycles. The highest BCUT2D eigenvalue weighted by molar-refractivity contribution is 6.31. The van der Waals surface area contributed by atoms with Gasteiger partial charge in [0.1, 0.15) is 5.69 Å². The molecule has 0 radical (unpaired) electrons. The van der Waals surface area contributed by atoms with E-state index in [9.17, 15) is 4.79 Å². The maximum absolute atomic E-state index is 12.5. The zero-order chi connectivity index (χ0) is 13.1. The standard InChI is InChI=1S/C13H20ClN3O/c1-3-5-16-9-11(14)7-12(16)13(18)17-6-4-15-10(2)8-17/h7,9-10,15H,3-6,8H2,1-2H3. The van der Waals surface area contributed by atoms with Gasteiger partial charge in [-0.2, -0.15) is 0 Å². The second-order valence-corrected chi connectivity index (χ2v) is 5.28. The summed E-state index contributed by atoms with van der Waals surface area (Å²) in [6, 6.07) is 2.12. The van der Waals surface area contributed by atoms with Gasteiger partial charge in [0.25, 0.3) is 5.91 Å². The molecular weight excluding hydrogens is 250 g/mol. The van der Waals surface area contributed by atoms with Crippen molar-refractivity contribution in [3.8, 4) is 0 Å². The van der Waals surface area contributed by atoms with E-state index >= 15 is 0 Å². The number of aryl methyl sites for hydroxylation is 1. The van der Waals surface area contributed by atoms with Gasteiger partial charge in [0.05, 0.1) is 5.02 Å². The Kier molecular flexibility index (Phi) is 4.30. The second kappa shape index (κ2) is 5.76. The predicted molar refractivity (Wildman–Crippen MR) is 73.1 cm³/mol. The molecule has 1 aliphatic heterocycles. The number of hydrogen-bond acceptors (Lipinski definition) is 2. The number of nitrogens with one attached hydrogen (secondary N) is 1. The Bertz CT molecular complexity index is 430. The Morgan fingerprint density at radius 1 is 1.61 bits per heavy atom. The lowest BCUT2D eigenvalue weighted by Crippen LogP contribution is -2.51. The number of aromatic nitrogens is 1. The van der Waals surface area contributed by atoms with Crippen LogP contribution in [0, 0.1) is 0 Å². The molecule has 1 aromatic rings. The summed E-state index contributed by atoms with van der Waals surface area (Å²) in [7, 11) is 0. The van der Waals surface area contributed by atoms with Crippen LogP contribution in [0.4, 0.5) is 0 Å². The summed E-state index contributed by atoms with van der Waals surface area (Å²) < 4.78 is 1.96. The fraction of sp³-hybridized carbons (Fsp3) is 0.615. The third kappa shape index (κ3) is 2.87. The predicted octanol–water partition coefficient (Wildman–Crippen LogP) is 1.99. The van der Waals surface area contributed by atoms with Gasteiger partial charge in [-0.3, -0.25) is 4.79 Å². The lowest BCUT2D eigenvalue weighted by atomic mass is 10.2. The minimum Gasteiger partial charge on any atom is -0.342 e. The van der Waals surface area contributed by atoms with Crippen molar-refractivity contribution < 1.29 is 4.79 Å². The van der Waals surface area contributed by atoms with Gasteiger partial charge < -0.3 is 14.8 Å². The third-order valence-corrected chi connectivity index (χ3v) is 3.41. The van der Waals surface area contributed by atoms with Crippen LogP contribution >= 0.6 is 11.6 Å². The highest BCUT2D eigenvalue weighted by Gasteiger charge is 2.24. The summed E-state index contributed by atoms with van der Waals surface area (Å²) in [5.41, 5.74) is 0.705. The van der Waals surface area contributed by atoms with Crippen molar-refractivity contribution in [2.24, 2.45) is 0 Å². The number of hydrogen-bond donors (Lipinski definition) is 1. The first kappa shape index (κ1) is 13.4. The van der Waals surface area contributed by atoms with Crippen molar-refractivity contribution in [2.45, 2.75) is 32.9 Å². The number of nitrogens with zero attached hydrogens (tertiary/aromatic N) is 2. The van der Waals surface area contributed by atoms with Crippen LogP contribution < -0.4 is 5.32 Å². The molecule has 1 unspecified atom stereocenters. The Morgan fingerprint density at radius 2 is 2.39 bits per heavy atom. The molecular formula is C13H20ClN3O. The summed E-state index contributed by atoms with van der Waals surface area (Å²) in [5, 5.41) is 3.97. The summed E-state index contributed by atoms with van der Waals surface area (Å²) in [6.45, 7) is 7.39. The minimum atomic E-state index is 0.0868. The van der Waals surface area contributed by atoms with Crippen molar-refractivity contribution in [1.82, 2.24) is 14.8 Å². The molecule has 100 valence electrons. The van der Waals surface area contributed by atoms with Crippen molar-refractivity contribution in [3.63, 3.8) is 0 Å². The van der Waals surface area contributed by atoms with Gasteiger partial charge in [-0.1, -0.05) is 18.5 Å². The molecule has 1 amide bonds. The Labute approximate surface area is 113 Å². The number of halogens is 1. The van der Waals surface area contributed by atoms with Crippen molar-refractivity contribution in [1.29, 1.82) is 0 Å². The Hall–Kier alpha value is -1.00. The van der Waals surface area contributed by atoms with Crippen LogP contribution in [0.1, 0.15) is 30.8 Å². The fourth-order valence-electron chi connectivity index (χ4n) is 2.36. The maximum Gasteiger partial charge on any atom is 0.270 e. The number of carbonyl (C=O) groups excluding carboxylic acids is 1. The monoisotopic (exact) mass is 269 g/mol. The summed E-state index contributed by atoms with van der Waals surface area (Å²) in [4.78, 5) is 14.4. The molecule has 1 fully saturated rings. The fourth-order valence-corrected chi connectivity index (χ4v) is 2.58. The van der Waals surface area contributed by atoms with Gasteiger partial charge in [-0.25, -0.2) is 0 Å². The van der Waals surface area contributed by atoms with Crippen molar-refractivity contribution in [3.05, 3.63) is 23.0 Å². The van der Waals surface area contributed by atoms with Gasteiger partial charge in [-0.05, 0) is 19.4 Å². The first-order valence-electron chi connectivity index (χ1n) is 6.50. The number of piperazine rings is 1. The van der Waals surface area contributed by atoms with Gasteiger partial charge in [0.15, 0.2) is 0 Å². The minimum absolute atomic E-state index is 0.0868. The molecule has 1 saturated heterocycles. The average Bonchev–Trinajstić information content (AvgIpc) is 2.70. The molecule has 0 aliphatic carbocycles. The topological polar surface area (TPSA) is 37.3 Å². The molecule has 1 aliphatic rings. The van der Waals surface area contributed by atoms with E-state index in [0.717, 1.165) is 32.6 Å². The molecule has 5 heteroatoms. The smallest absolute Gasteiger partial charge is 0.270 e. The van der Waals surface area contributed by atoms with E-state index in [1.807, 2.05) is 15.7 Å². The van der Waals surface area contributed by atoms with E-state index < -0.39 is 0 Å². The zero-order valence-corrected chi connectivity index (χ0v) is 11.7. The summed E-state index contributed by atoms with van der Waals surface area (Å²) in [5.74, 6) is 0.0868. The van der Waals surface area contributed by atoms with Crippen LogP contribution in [-0.4, -0.2) is 41.1 Å². The lowest BCUT2D eigenvalue weighted by Gasteiger charge is -2.32. The van der Waals surface area contributed by atoms with E-state index in [1.165, 1.54) is 0 Å². The van der Waals surface area contributed by atoms with Gasteiger partial charge in [0, 0.05) is 38.4 Å². The van der Waals surface area contributed by atoms with Gasteiger partial charge in [0.2, 0.25) is 0 Å². The molecule has 2 heterocycles. The van der Waals surface area contributed by atoms with E-state index in [4.69, 9.17) is 11.6 Å². The van der Waals surface area contributed by atoms with Crippen molar-refractivity contribution >= 4 is 17.5 Å². The maximum atomic E-state index is 12.5. The van der Waals surface area contributed by atoms with Gasteiger partial charge >= 0.3 is 0 Å².